The molecule has 1 N–H and O–H groups in total. The first kappa shape index (κ1) is 16.6. The Balaban J connectivity index is 1.50. The van der Waals surface area contributed by atoms with Gasteiger partial charge in [0, 0.05) is 23.8 Å². The molecular formula is C21H23N3O2. The monoisotopic (exact) mass is 349 g/mol. The molecule has 0 unspecified atom stereocenters. The first-order chi connectivity index (χ1) is 12.7. The number of amides is 2. The third-order valence-electron chi connectivity index (χ3n) is 5.21. The van der Waals surface area contributed by atoms with Crippen LogP contribution in [0.25, 0.3) is 0 Å². The molecule has 2 aliphatic rings. The van der Waals surface area contributed by atoms with E-state index in [1.54, 1.807) is 0 Å². The number of benzene rings is 2. The molecule has 2 saturated heterocycles. The Morgan fingerprint density at radius 1 is 1.12 bits per heavy atom. The number of nitrogens with zero attached hydrogens (tertiary/aromatic N) is 2. The lowest BCUT2D eigenvalue weighted by Gasteiger charge is -2.25. The number of carbonyl (C=O) groups is 2. The van der Waals surface area contributed by atoms with E-state index in [4.69, 9.17) is 0 Å². The van der Waals surface area contributed by atoms with E-state index in [1.807, 2.05) is 52.3 Å². The fourth-order valence-electron chi connectivity index (χ4n) is 3.85. The fraction of sp³-hybridized carbons (Fsp3) is 0.333. The van der Waals surface area contributed by atoms with Crippen molar-refractivity contribution in [3.63, 3.8) is 0 Å². The molecule has 2 aliphatic heterocycles. The van der Waals surface area contributed by atoms with Gasteiger partial charge in [-0.3, -0.25) is 9.59 Å². The lowest BCUT2D eigenvalue weighted by Crippen LogP contribution is -2.37. The fourth-order valence-corrected chi connectivity index (χ4v) is 3.85. The lowest BCUT2D eigenvalue weighted by atomic mass is 10.0. The summed E-state index contributed by atoms with van der Waals surface area (Å²) in [6.45, 7) is 1.65. The Bertz CT molecular complexity index is 806. The number of rotatable bonds is 4. The average molecular weight is 349 g/mol. The van der Waals surface area contributed by atoms with Gasteiger partial charge in [-0.25, -0.2) is 0 Å². The van der Waals surface area contributed by atoms with Gasteiger partial charge in [0.15, 0.2) is 0 Å². The van der Waals surface area contributed by atoms with Gasteiger partial charge in [-0.15, -0.1) is 0 Å². The Kier molecular flexibility index (Phi) is 4.61. The van der Waals surface area contributed by atoms with Gasteiger partial charge in [-0.2, -0.15) is 0 Å². The molecule has 2 heterocycles. The van der Waals surface area contributed by atoms with Crippen LogP contribution in [0.15, 0.2) is 54.6 Å². The molecule has 4 rings (SSSR count). The summed E-state index contributed by atoms with van der Waals surface area (Å²) in [4.78, 5) is 28.5. The molecule has 134 valence electrons. The highest BCUT2D eigenvalue weighted by molar-refractivity contribution is 5.96. The van der Waals surface area contributed by atoms with Crippen LogP contribution in [0.1, 0.15) is 28.8 Å². The maximum Gasteiger partial charge on any atom is 0.254 e. The van der Waals surface area contributed by atoms with Crippen molar-refractivity contribution in [3.05, 3.63) is 65.7 Å². The largest absolute Gasteiger partial charge is 0.345 e. The molecular weight excluding hydrogens is 326 g/mol. The smallest absolute Gasteiger partial charge is 0.254 e. The number of hydrogen-bond acceptors (Lipinski definition) is 3. The Labute approximate surface area is 153 Å². The number of carbonyl (C=O) groups excluding carboxylic acids is 2. The number of likely N-dealkylation sites (tertiary alicyclic amines) is 1. The minimum Gasteiger partial charge on any atom is -0.345 e. The Morgan fingerprint density at radius 3 is 2.73 bits per heavy atom. The Morgan fingerprint density at radius 2 is 1.96 bits per heavy atom. The SMILES string of the molecule is O=C1CN(c2cccc(C(=O)N3CCC[C@H]3Cc3ccccc3)c2)CN1. The highest BCUT2D eigenvalue weighted by Crippen LogP contribution is 2.25. The molecule has 2 aromatic rings. The van der Waals surface area contributed by atoms with E-state index in [9.17, 15) is 9.59 Å². The molecule has 2 amide bonds. The van der Waals surface area contributed by atoms with Crippen molar-refractivity contribution in [2.24, 2.45) is 0 Å². The van der Waals surface area contributed by atoms with Crippen molar-refractivity contribution in [1.82, 2.24) is 10.2 Å². The van der Waals surface area contributed by atoms with Crippen molar-refractivity contribution >= 4 is 17.5 Å². The number of hydrogen-bond donors (Lipinski definition) is 1. The summed E-state index contributed by atoms with van der Waals surface area (Å²) in [6, 6.07) is 18.2. The maximum atomic E-state index is 13.1. The van der Waals surface area contributed by atoms with Gasteiger partial charge >= 0.3 is 0 Å². The summed E-state index contributed by atoms with van der Waals surface area (Å²) in [5.74, 6) is 0.105. The summed E-state index contributed by atoms with van der Waals surface area (Å²) < 4.78 is 0. The quantitative estimate of drug-likeness (QED) is 0.922. The van der Waals surface area contributed by atoms with Crippen LogP contribution in [-0.4, -0.2) is 42.5 Å². The molecule has 0 aliphatic carbocycles. The molecule has 1 atom stereocenters. The first-order valence-electron chi connectivity index (χ1n) is 9.17. The van der Waals surface area contributed by atoms with Crippen LogP contribution in [0.5, 0.6) is 0 Å². The van der Waals surface area contributed by atoms with E-state index in [0.717, 1.165) is 31.5 Å². The zero-order chi connectivity index (χ0) is 17.9. The minimum atomic E-state index is 0.0178. The van der Waals surface area contributed by atoms with E-state index >= 15 is 0 Å². The summed E-state index contributed by atoms with van der Waals surface area (Å²) in [5, 5.41) is 2.80. The van der Waals surface area contributed by atoms with Gasteiger partial charge in [0.25, 0.3) is 5.91 Å². The van der Waals surface area contributed by atoms with Crippen molar-refractivity contribution in [1.29, 1.82) is 0 Å². The third-order valence-corrected chi connectivity index (χ3v) is 5.21. The van der Waals surface area contributed by atoms with Crippen LogP contribution in [0, 0.1) is 0 Å². The van der Waals surface area contributed by atoms with Crippen LogP contribution < -0.4 is 10.2 Å². The highest BCUT2D eigenvalue weighted by Gasteiger charge is 2.30. The highest BCUT2D eigenvalue weighted by atomic mass is 16.2. The molecule has 26 heavy (non-hydrogen) atoms. The molecule has 2 fully saturated rings. The maximum absolute atomic E-state index is 13.1. The van der Waals surface area contributed by atoms with Crippen LogP contribution in [0.3, 0.4) is 0 Å². The zero-order valence-corrected chi connectivity index (χ0v) is 14.7. The van der Waals surface area contributed by atoms with Gasteiger partial charge < -0.3 is 15.1 Å². The second-order valence-electron chi connectivity index (χ2n) is 6.99. The summed E-state index contributed by atoms with van der Waals surface area (Å²) in [6.07, 6.45) is 3.00. The number of anilines is 1. The van der Waals surface area contributed by atoms with E-state index in [1.165, 1.54) is 5.56 Å². The summed E-state index contributed by atoms with van der Waals surface area (Å²) in [7, 11) is 0. The summed E-state index contributed by atoms with van der Waals surface area (Å²) >= 11 is 0. The van der Waals surface area contributed by atoms with Crippen molar-refractivity contribution < 1.29 is 9.59 Å². The third kappa shape index (κ3) is 3.43. The van der Waals surface area contributed by atoms with E-state index in [2.05, 4.69) is 17.4 Å². The number of nitrogens with one attached hydrogen (secondary N) is 1. The zero-order valence-electron chi connectivity index (χ0n) is 14.7. The van der Waals surface area contributed by atoms with E-state index < -0.39 is 0 Å². The predicted octanol–water partition coefficient (Wildman–Crippen LogP) is 2.43. The molecule has 0 spiro atoms. The van der Waals surface area contributed by atoms with E-state index in [-0.39, 0.29) is 17.9 Å². The second kappa shape index (κ2) is 7.20. The summed E-state index contributed by atoms with van der Waals surface area (Å²) in [5.41, 5.74) is 2.88. The molecule has 5 nitrogen and oxygen atoms in total. The van der Waals surface area contributed by atoms with Gasteiger partial charge in [-0.1, -0.05) is 36.4 Å². The Hall–Kier alpha value is -2.82. The molecule has 0 bridgehead atoms. The standard InChI is InChI=1S/C21H23N3O2/c25-20-14-23(15-22-20)18-9-4-8-17(13-18)21(26)24-11-5-10-19(24)12-16-6-2-1-3-7-16/h1-4,6-9,13,19H,5,10-12,14-15H2,(H,22,25)/t19-/m0/s1. The first-order valence-corrected chi connectivity index (χ1v) is 9.17. The molecule has 0 radical (unpaired) electrons. The topological polar surface area (TPSA) is 52.7 Å². The van der Waals surface area contributed by atoms with Crippen molar-refractivity contribution in [2.45, 2.75) is 25.3 Å². The van der Waals surface area contributed by atoms with Gasteiger partial charge in [0.1, 0.15) is 0 Å². The molecule has 0 saturated carbocycles. The van der Waals surface area contributed by atoms with Gasteiger partial charge in [0.05, 0.1) is 13.2 Å². The average Bonchev–Trinajstić information content (AvgIpc) is 3.31. The van der Waals surface area contributed by atoms with Crippen LogP contribution >= 0.6 is 0 Å². The second-order valence-corrected chi connectivity index (χ2v) is 6.99. The van der Waals surface area contributed by atoms with E-state index in [0.29, 0.717) is 18.8 Å². The minimum absolute atomic E-state index is 0.0178. The lowest BCUT2D eigenvalue weighted by molar-refractivity contribution is -0.118. The molecule has 0 aromatic heterocycles. The molecule has 2 aromatic carbocycles. The van der Waals surface area contributed by atoms with Crippen LogP contribution in [0.2, 0.25) is 0 Å². The molecule has 5 heteroatoms. The van der Waals surface area contributed by atoms with Crippen molar-refractivity contribution in [3.8, 4) is 0 Å². The van der Waals surface area contributed by atoms with Crippen LogP contribution in [0.4, 0.5) is 5.69 Å². The van der Waals surface area contributed by atoms with Crippen molar-refractivity contribution in [2.75, 3.05) is 24.7 Å². The van der Waals surface area contributed by atoms with Gasteiger partial charge in [0.2, 0.25) is 5.91 Å². The predicted molar refractivity (Wildman–Crippen MR) is 101 cm³/mol. The van der Waals surface area contributed by atoms with Gasteiger partial charge in [-0.05, 0) is 43.0 Å². The van der Waals surface area contributed by atoms with Crippen LogP contribution in [-0.2, 0) is 11.2 Å². The normalized spacial score (nSPS) is 19.7.